The second-order valence-corrected chi connectivity index (χ2v) is 8.79. The lowest BCUT2D eigenvalue weighted by atomic mass is 9.64. The van der Waals surface area contributed by atoms with E-state index in [1.54, 1.807) is 0 Å². The first-order valence-electron chi connectivity index (χ1n) is 9.77. The number of hydrogen-bond donors (Lipinski definition) is 2. The van der Waals surface area contributed by atoms with Gasteiger partial charge in [0.05, 0.1) is 0 Å². The Kier molecular flexibility index (Phi) is 7.06. The molecule has 1 aliphatic carbocycles. The lowest BCUT2D eigenvalue weighted by molar-refractivity contribution is -0.130. The Morgan fingerprint density at radius 2 is 1.96 bits per heavy atom. The Labute approximate surface area is 153 Å². The van der Waals surface area contributed by atoms with E-state index in [2.05, 4.69) is 45.1 Å². The molecule has 0 aromatic heterocycles. The Balaban J connectivity index is 2.03. The number of carbonyl (C=O) groups excluding carboxylic acids is 1. The van der Waals surface area contributed by atoms with Crippen LogP contribution in [0.2, 0.25) is 0 Å². The van der Waals surface area contributed by atoms with Gasteiger partial charge in [-0.3, -0.25) is 4.79 Å². The molecule has 140 valence electrons. The Morgan fingerprint density at radius 3 is 2.56 bits per heavy atom. The van der Waals surface area contributed by atoms with Crippen LogP contribution in [0.5, 0.6) is 0 Å². The van der Waals surface area contributed by atoms with Crippen molar-refractivity contribution >= 4 is 5.91 Å². The number of nitrogens with one attached hydrogen (secondary N) is 1. The molecule has 0 saturated heterocycles. The number of aliphatic hydroxyl groups is 1. The van der Waals surface area contributed by atoms with E-state index in [1.165, 1.54) is 12.0 Å². The smallest absolute Gasteiger partial charge is 0.223 e. The Bertz CT molecular complexity index is 538. The summed E-state index contributed by atoms with van der Waals surface area (Å²) in [6, 6.07) is 10.2. The van der Waals surface area contributed by atoms with Crippen molar-refractivity contribution in [3.63, 3.8) is 0 Å². The monoisotopic (exact) mass is 345 g/mol. The third kappa shape index (κ3) is 5.57. The number of rotatable bonds is 7. The standard InChI is InChI=1S/C22H35NO2/c1-16(2)19-10-12-22(3,4)14-20(19)21(25)23-15-18(11-13-24)17-8-6-5-7-9-17/h5-9,16,18-20,24H,10-15H2,1-4H3,(H,23,25). The molecule has 1 aromatic carbocycles. The molecule has 2 rings (SSSR count). The summed E-state index contributed by atoms with van der Waals surface area (Å²) in [6.07, 6.45) is 3.99. The zero-order valence-electron chi connectivity index (χ0n) is 16.3. The maximum absolute atomic E-state index is 13.0. The van der Waals surface area contributed by atoms with Gasteiger partial charge in [-0.1, -0.05) is 58.0 Å². The highest BCUT2D eigenvalue weighted by molar-refractivity contribution is 5.79. The molecule has 1 amide bonds. The van der Waals surface area contributed by atoms with Crippen molar-refractivity contribution in [3.8, 4) is 0 Å². The van der Waals surface area contributed by atoms with E-state index in [4.69, 9.17) is 0 Å². The maximum atomic E-state index is 13.0. The third-order valence-corrected chi connectivity index (χ3v) is 5.91. The quantitative estimate of drug-likeness (QED) is 0.771. The van der Waals surface area contributed by atoms with E-state index in [0.717, 1.165) is 12.8 Å². The number of aliphatic hydroxyl groups excluding tert-OH is 1. The Morgan fingerprint density at radius 1 is 1.28 bits per heavy atom. The molecule has 25 heavy (non-hydrogen) atoms. The van der Waals surface area contributed by atoms with Gasteiger partial charge in [-0.25, -0.2) is 0 Å². The van der Waals surface area contributed by atoms with Gasteiger partial charge in [-0.15, -0.1) is 0 Å². The summed E-state index contributed by atoms with van der Waals surface area (Å²) in [4.78, 5) is 13.0. The first-order chi connectivity index (χ1) is 11.8. The Hall–Kier alpha value is -1.35. The minimum absolute atomic E-state index is 0.106. The van der Waals surface area contributed by atoms with Crippen LogP contribution in [-0.2, 0) is 4.79 Å². The van der Waals surface area contributed by atoms with Crippen molar-refractivity contribution in [1.29, 1.82) is 0 Å². The number of hydrogen-bond acceptors (Lipinski definition) is 2. The van der Waals surface area contributed by atoms with Gasteiger partial charge in [0.15, 0.2) is 0 Å². The second kappa shape index (κ2) is 8.84. The highest BCUT2D eigenvalue weighted by Crippen LogP contribution is 2.44. The highest BCUT2D eigenvalue weighted by Gasteiger charge is 2.39. The zero-order chi connectivity index (χ0) is 18.4. The molecule has 0 radical (unpaired) electrons. The van der Waals surface area contributed by atoms with Crippen molar-refractivity contribution < 1.29 is 9.90 Å². The molecule has 3 heteroatoms. The minimum Gasteiger partial charge on any atom is -0.396 e. The van der Waals surface area contributed by atoms with Crippen LogP contribution in [0.25, 0.3) is 0 Å². The van der Waals surface area contributed by atoms with E-state index in [0.29, 0.717) is 24.8 Å². The molecular weight excluding hydrogens is 310 g/mol. The van der Waals surface area contributed by atoms with E-state index in [-0.39, 0.29) is 29.8 Å². The summed E-state index contributed by atoms with van der Waals surface area (Å²) < 4.78 is 0. The molecule has 0 bridgehead atoms. The van der Waals surface area contributed by atoms with E-state index >= 15 is 0 Å². The highest BCUT2D eigenvalue weighted by atomic mass is 16.3. The summed E-state index contributed by atoms with van der Waals surface area (Å²) in [7, 11) is 0. The molecule has 1 aliphatic rings. The molecule has 1 fully saturated rings. The van der Waals surface area contributed by atoms with Crippen LogP contribution >= 0.6 is 0 Å². The average Bonchev–Trinajstić information content (AvgIpc) is 2.58. The van der Waals surface area contributed by atoms with Gasteiger partial charge in [-0.2, -0.15) is 0 Å². The predicted octanol–water partition coefficient (Wildman–Crippen LogP) is 4.37. The molecule has 0 aliphatic heterocycles. The molecule has 0 heterocycles. The lowest BCUT2D eigenvalue weighted by Gasteiger charge is -2.42. The van der Waals surface area contributed by atoms with Crippen molar-refractivity contribution in [2.75, 3.05) is 13.2 Å². The topological polar surface area (TPSA) is 49.3 Å². The number of benzene rings is 1. The van der Waals surface area contributed by atoms with Gasteiger partial charge >= 0.3 is 0 Å². The summed E-state index contributed by atoms with van der Waals surface area (Å²) >= 11 is 0. The largest absolute Gasteiger partial charge is 0.396 e. The van der Waals surface area contributed by atoms with Gasteiger partial charge < -0.3 is 10.4 Å². The van der Waals surface area contributed by atoms with Gasteiger partial charge in [-0.05, 0) is 48.5 Å². The van der Waals surface area contributed by atoms with Crippen molar-refractivity contribution in [3.05, 3.63) is 35.9 Å². The first kappa shape index (κ1) is 20.0. The van der Waals surface area contributed by atoms with E-state index < -0.39 is 0 Å². The molecule has 3 nitrogen and oxygen atoms in total. The van der Waals surface area contributed by atoms with Crippen LogP contribution in [0.1, 0.15) is 64.9 Å². The van der Waals surface area contributed by atoms with E-state index in [9.17, 15) is 9.90 Å². The molecule has 2 N–H and O–H groups in total. The van der Waals surface area contributed by atoms with Crippen LogP contribution in [-0.4, -0.2) is 24.2 Å². The number of amides is 1. The van der Waals surface area contributed by atoms with Crippen molar-refractivity contribution in [2.45, 2.75) is 59.3 Å². The summed E-state index contributed by atoms with van der Waals surface area (Å²) in [6.45, 7) is 9.78. The van der Waals surface area contributed by atoms with Crippen molar-refractivity contribution in [1.82, 2.24) is 5.32 Å². The fourth-order valence-electron chi connectivity index (χ4n) is 4.31. The molecule has 1 aromatic rings. The third-order valence-electron chi connectivity index (χ3n) is 5.91. The van der Waals surface area contributed by atoms with Gasteiger partial charge in [0, 0.05) is 25.0 Å². The SMILES string of the molecule is CC(C)C1CCC(C)(C)CC1C(=O)NCC(CCO)c1ccccc1. The molecule has 0 spiro atoms. The predicted molar refractivity (Wildman–Crippen MR) is 103 cm³/mol. The fraction of sp³-hybridized carbons (Fsp3) is 0.682. The van der Waals surface area contributed by atoms with Gasteiger partial charge in [0.2, 0.25) is 5.91 Å². The van der Waals surface area contributed by atoms with Crippen LogP contribution < -0.4 is 5.32 Å². The molecule has 3 atom stereocenters. The van der Waals surface area contributed by atoms with Crippen molar-refractivity contribution in [2.24, 2.45) is 23.2 Å². The number of carbonyl (C=O) groups is 1. The van der Waals surface area contributed by atoms with Gasteiger partial charge in [0.1, 0.15) is 0 Å². The van der Waals surface area contributed by atoms with Crippen LogP contribution in [0, 0.1) is 23.2 Å². The normalized spacial score (nSPS) is 24.1. The first-order valence-corrected chi connectivity index (χ1v) is 9.77. The summed E-state index contributed by atoms with van der Waals surface area (Å²) in [5.74, 6) is 1.49. The van der Waals surface area contributed by atoms with Gasteiger partial charge in [0.25, 0.3) is 0 Å². The molecular formula is C22H35NO2. The molecule has 1 saturated carbocycles. The molecule has 3 unspecified atom stereocenters. The van der Waals surface area contributed by atoms with Crippen LogP contribution in [0.3, 0.4) is 0 Å². The summed E-state index contributed by atoms with van der Waals surface area (Å²) in [5.41, 5.74) is 1.43. The second-order valence-electron chi connectivity index (χ2n) is 8.79. The zero-order valence-corrected chi connectivity index (χ0v) is 16.3. The minimum atomic E-state index is 0.106. The summed E-state index contributed by atoms with van der Waals surface area (Å²) in [5, 5.41) is 12.6. The van der Waals surface area contributed by atoms with E-state index in [1.807, 2.05) is 18.2 Å². The lowest BCUT2D eigenvalue weighted by Crippen LogP contribution is -2.43. The van der Waals surface area contributed by atoms with Crippen LogP contribution in [0.4, 0.5) is 0 Å². The fourth-order valence-corrected chi connectivity index (χ4v) is 4.31. The van der Waals surface area contributed by atoms with Crippen LogP contribution in [0.15, 0.2) is 30.3 Å². The maximum Gasteiger partial charge on any atom is 0.223 e. The average molecular weight is 346 g/mol.